The first-order valence-corrected chi connectivity index (χ1v) is 7.23. The second kappa shape index (κ2) is 5.45. The van der Waals surface area contributed by atoms with Gasteiger partial charge in [-0.1, -0.05) is 42.5 Å². The molecule has 0 radical (unpaired) electrons. The van der Waals surface area contributed by atoms with Gasteiger partial charge in [-0.2, -0.15) is 0 Å². The number of benzene rings is 2. The zero-order valence-corrected chi connectivity index (χ0v) is 11.9. The molecule has 106 valence electrons. The lowest BCUT2D eigenvalue weighted by Crippen LogP contribution is -1.87. The van der Waals surface area contributed by atoms with Gasteiger partial charge in [0.15, 0.2) is 5.58 Å². The SMILES string of the molecule is c1ccc(Cc2cccc3nc(-c4ccncc4)oc23)cc1. The van der Waals surface area contributed by atoms with Gasteiger partial charge >= 0.3 is 0 Å². The highest BCUT2D eigenvalue weighted by molar-refractivity contribution is 5.79. The van der Waals surface area contributed by atoms with Crippen LogP contribution in [0.2, 0.25) is 0 Å². The molecule has 0 saturated carbocycles. The van der Waals surface area contributed by atoms with Gasteiger partial charge in [0.2, 0.25) is 5.89 Å². The minimum absolute atomic E-state index is 0.637. The Hall–Kier alpha value is -2.94. The van der Waals surface area contributed by atoms with E-state index in [4.69, 9.17) is 4.42 Å². The molecule has 2 heterocycles. The van der Waals surface area contributed by atoms with Crippen LogP contribution in [0.3, 0.4) is 0 Å². The van der Waals surface area contributed by atoms with Crippen LogP contribution in [0.15, 0.2) is 77.5 Å². The third kappa shape index (κ3) is 2.37. The van der Waals surface area contributed by atoms with E-state index in [0.29, 0.717) is 5.89 Å². The van der Waals surface area contributed by atoms with Crippen molar-refractivity contribution in [2.45, 2.75) is 6.42 Å². The van der Waals surface area contributed by atoms with Crippen LogP contribution < -0.4 is 0 Å². The number of pyridine rings is 1. The van der Waals surface area contributed by atoms with Gasteiger partial charge in [0.25, 0.3) is 0 Å². The van der Waals surface area contributed by atoms with Gasteiger partial charge < -0.3 is 4.42 Å². The van der Waals surface area contributed by atoms with Crippen molar-refractivity contribution in [3.63, 3.8) is 0 Å². The van der Waals surface area contributed by atoms with E-state index in [1.54, 1.807) is 12.4 Å². The standard InChI is InChI=1S/C19H14N2O/c1-2-5-14(6-3-1)13-16-7-4-8-17-18(16)22-19(21-17)15-9-11-20-12-10-15/h1-12H,13H2. The monoisotopic (exact) mass is 286 g/mol. The lowest BCUT2D eigenvalue weighted by molar-refractivity contribution is 0.616. The van der Waals surface area contributed by atoms with Crippen molar-refractivity contribution >= 4 is 11.1 Å². The minimum atomic E-state index is 0.637. The first-order valence-electron chi connectivity index (χ1n) is 7.23. The molecule has 0 aliphatic heterocycles. The summed E-state index contributed by atoms with van der Waals surface area (Å²) >= 11 is 0. The van der Waals surface area contributed by atoms with E-state index in [-0.39, 0.29) is 0 Å². The van der Waals surface area contributed by atoms with Crippen molar-refractivity contribution < 1.29 is 4.42 Å². The Morgan fingerprint density at radius 1 is 0.818 bits per heavy atom. The van der Waals surface area contributed by atoms with Gasteiger partial charge in [0.1, 0.15) is 5.52 Å². The summed E-state index contributed by atoms with van der Waals surface area (Å²) in [6.07, 6.45) is 4.33. The average molecular weight is 286 g/mol. The third-order valence-electron chi connectivity index (χ3n) is 3.66. The Morgan fingerprint density at radius 3 is 2.45 bits per heavy atom. The molecule has 4 rings (SSSR count). The predicted octanol–water partition coefficient (Wildman–Crippen LogP) is 4.48. The average Bonchev–Trinajstić information content (AvgIpc) is 3.02. The van der Waals surface area contributed by atoms with Crippen molar-refractivity contribution in [2.24, 2.45) is 0 Å². The number of hydrogen-bond donors (Lipinski definition) is 0. The van der Waals surface area contributed by atoms with Crippen LogP contribution in [0.25, 0.3) is 22.6 Å². The summed E-state index contributed by atoms with van der Waals surface area (Å²) in [5.74, 6) is 0.637. The first kappa shape index (κ1) is 12.8. The van der Waals surface area contributed by atoms with Gasteiger partial charge in [-0.3, -0.25) is 4.98 Å². The van der Waals surface area contributed by atoms with Crippen LogP contribution in [0, 0.1) is 0 Å². The molecule has 0 fully saturated rings. The van der Waals surface area contributed by atoms with E-state index in [0.717, 1.165) is 28.6 Å². The first-order chi connectivity index (χ1) is 10.9. The van der Waals surface area contributed by atoms with Crippen molar-refractivity contribution in [2.75, 3.05) is 0 Å². The van der Waals surface area contributed by atoms with Gasteiger partial charge in [0, 0.05) is 29.9 Å². The molecule has 3 heteroatoms. The zero-order chi connectivity index (χ0) is 14.8. The van der Waals surface area contributed by atoms with E-state index < -0.39 is 0 Å². The molecule has 0 atom stereocenters. The van der Waals surface area contributed by atoms with Gasteiger partial charge in [-0.05, 0) is 23.8 Å². The van der Waals surface area contributed by atoms with Gasteiger partial charge in [-0.25, -0.2) is 4.98 Å². The fourth-order valence-electron chi connectivity index (χ4n) is 2.58. The molecular weight excluding hydrogens is 272 g/mol. The normalized spacial score (nSPS) is 10.9. The number of hydrogen-bond acceptors (Lipinski definition) is 3. The van der Waals surface area contributed by atoms with Crippen molar-refractivity contribution in [1.29, 1.82) is 0 Å². The second-order valence-electron chi connectivity index (χ2n) is 5.18. The molecule has 0 saturated heterocycles. The fraction of sp³-hybridized carbons (Fsp3) is 0.0526. The van der Waals surface area contributed by atoms with E-state index in [9.17, 15) is 0 Å². The maximum Gasteiger partial charge on any atom is 0.227 e. The summed E-state index contributed by atoms with van der Waals surface area (Å²) in [6.45, 7) is 0. The Balaban J connectivity index is 1.78. The van der Waals surface area contributed by atoms with Crippen LogP contribution in [0.5, 0.6) is 0 Å². The summed E-state index contributed by atoms with van der Waals surface area (Å²) in [7, 11) is 0. The molecular formula is C19H14N2O. The van der Waals surface area contributed by atoms with E-state index in [1.165, 1.54) is 5.56 Å². The molecule has 0 spiro atoms. The Morgan fingerprint density at radius 2 is 1.64 bits per heavy atom. The topological polar surface area (TPSA) is 38.9 Å². The maximum absolute atomic E-state index is 6.02. The molecule has 0 N–H and O–H groups in total. The van der Waals surface area contributed by atoms with E-state index >= 15 is 0 Å². The van der Waals surface area contributed by atoms with Crippen molar-refractivity contribution in [3.8, 4) is 11.5 Å². The number of fused-ring (bicyclic) bond motifs is 1. The highest BCUT2D eigenvalue weighted by atomic mass is 16.3. The lowest BCUT2D eigenvalue weighted by Gasteiger charge is -2.01. The molecule has 22 heavy (non-hydrogen) atoms. The number of oxazole rings is 1. The zero-order valence-electron chi connectivity index (χ0n) is 11.9. The molecule has 0 amide bonds. The maximum atomic E-state index is 6.02. The molecule has 4 aromatic rings. The number of nitrogens with zero attached hydrogens (tertiary/aromatic N) is 2. The van der Waals surface area contributed by atoms with E-state index in [1.807, 2.05) is 30.3 Å². The van der Waals surface area contributed by atoms with Crippen LogP contribution in [-0.2, 0) is 6.42 Å². The third-order valence-corrected chi connectivity index (χ3v) is 3.66. The van der Waals surface area contributed by atoms with E-state index in [2.05, 4.69) is 40.3 Å². The number of rotatable bonds is 3. The predicted molar refractivity (Wildman–Crippen MR) is 86.5 cm³/mol. The van der Waals surface area contributed by atoms with Crippen LogP contribution >= 0.6 is 0 Å². The van der Waals surface area contributed by atoms with Crippen LogP contribution in [-0.4, -0.2) is 9.97 Å². The van der Waals surface area contributed by atoms with Gasteiger partial charge in [-0.15, -0.1) is 0 Å². The molecule has 3 nitrogen and oxygen atoms in total. The summed E-state index contributed by atoms with van der Waals surface area (Å²) in [5.41, 5.74) is 5.10. The highest BCUT2D eigenvalue weighted by Crippen LogP contribution is 2.27. The smallest absolute Gasteiger partial charge is 0.227 e. The quantitative estimate of drug-likeness (QED) is 0.557. The lowest BCUT2D eigenvalue weighted by atomic mass is 10.0. The Kier molecular flexibility index (Phi) is 3.16. The fourth-order valence-corrected chi connectivity index (χ4v) is 2.58. The Bertz CT molecular complexity index is 899. The molecule has 0 bridgehead atoms. The summed E-state index contributed by atoms with van der Waals surface area (Å²) < 4.78 is 6.02. The number of aromatic nitrogens is 2. The van der Waals surface area contributed by atoms with Gasteiger partial charge in [0.05, 0.1) is 0 Å². The van der Waals surface area contributed by atoms with Crippen molar-refractivity contribution in [1.82, 2.24) is 9.97 Å². The molecule has 0 aliphatic rings. The highest BCUT2D eigenvalue weighted by Gasteiger charge is 2.11. The second-order valence-corrected chi connectivity index (χ2v) is 5.18. The summed E-state index contributed by atoms with van der Waals surface area (Å²) in [4.78, 5) is 8.62. The van der Waals surface area contributed by atoms with Crippen LogP contribution in [0.1, 0.15) is 11.1 Å². The molecule has 0 aliphatic carbocycles. The van der Waals surface area contributed by atoms with Crippen molar-refractivity contribution in [3.05, 3.63) is 84.2 Å². The molecule has 0 unspecified atom stereocenters. The number of para-hydroxylation sites is 1. The molecule has 2 aromatic heterocycles. The Labute approximate surface area is 128 Å². The van der Waals surface area contributed by atoms with Crippen LogP contribution in [0.4, 0.5) is 0 Å². The molecule has 2 aromatic carbocycles. The summed E-state index contributed by atoms with van der Waals surface area (Å²) in [5, 5.41) is 0. The minimum Gasteiger partial charge on any atom is -0.436 e. The largest absolute Gasteiger partial charge is 0.436 e. The summed E-state index contributed by atoms with van der Waals surface area (Å²) in [6, 6.07) is 20.3.